The SMILES string of the molecule is FCOC(F)(F)COc1c(F)c(F)c(C(F)(F)F)c(F)c1F. The maximum absolute atomic E-state index is 13.2. The van der Waals surface area contributed by atoms with E-state index in [2.05, 4.69) is 9.47 Å². The van der Waals surface area contributed by atoms with Crippen LogP contribution >= 0.6 is 0 Å². The number of rotatable bonds is 5. The van der Waals surface area contributed by atoms with Crippen LogP contribution in [0.4, 0.5) is 43.9 Å². The number of benzene rings is 1. The maximum Gasteiger partial charge on any atom is 0.422 e. The predicted molar refractivity (Wildman–Crippen MR) is 48.8 cm³/mol. The summed E-state index contributed by atoms with van der Waals surface area (Å²) in [6.07, 6.45) is -10.2. The predicted octanol–water partition coefficient (Wildman–Crippen LogP) is 4.18. The molecule has 0 aliphatic carbocycles. The van der Waals surface area contributed by atoms with Crippen molar-refractivity contribution in [1.29, 1.82) is 0 Å². The van der Waals surface area contributed by atoms with Crippen molar-refractivity contribution < 1.29 is 53.4 Å². The molecule has 12 heteroatoms. The quantitative estimate of drug-likeness (QED) is 0.588. The Labute approximate surface area is 115 Å². The van der Waals surface area contributed by atoms with Crippen LogP contribution in [0, 0.1) is 23.3 Å². The van der Waals surface area contributed by atoms with E-state index in [1.54, 1.807) is 0 Å². The van der Waals surface area contributed by atoms with Gasteiger partial charge in [-0.15, -0.1) is 0 Å². The summed E-state index contributed by atoms with van der Waals surface area (Å²) in [4.78, 5) is 0. The zero-order valence-corrected chi connectivity index (χ0v) is 10.0. The van der Waals surface area contributed by atoms with Crippen LogP contribution in [0.25, 0.3) is 0 Å². The highest BCUT2D eigenvalue weighted by atomic mass is 19.4. The Kier molecular flexibility index (Phi) is 5.15. The van der Waals surface area contributed by atoms with Crippen molar-refractivity contribution in [3.63, 3.8) is 0 Å². The molecule has 0 fully saturated rings. The zero-order chi connectivity index (χ0) is 17.3. The fourth-order valence-corrected chi connectivity index (χ4v) is 1.26. The number of hydrogen-bond donors (Lipinski definition) is 0. The first-order chi connectivity index (χ1) is 9.92. The van der Waals surface area contributed by atoms with E-state index in [0.717, 1.165) is 0 Å². The monoisotopic (exact) mass is 346 g/mol. The van der Waals surface area contributed by atoms with Crippen molar-refractivity contribution in [2.45, 2.75) is 12.3 Å². The van der Waals surface area contributed by atoms with Gasteiger partial charge in [-0.05, 0) is 0 Å². The molecule has 0 N–H and O–H groups in total. The summed E-state index contributed by atoms with van der Waals surface area (Å²) in [5.74, 6) is -13.3. The summed E-state index contributed by atoms with van der Waals surface area (Å²) in [5, 5.41) is 0. The van der Waals surface area contributed by atoms with E-state index in [4.69, 9.17) is 0 Å². The minimum absolute atomic E-state index is 2.03. The summed E-state index contributed by atoms with van der Waals surface area (Å²) in [6, 6.07) is 0. The molecule has 0 saturated heterocycles. The van der Waals surface area contributed by atoms with Gasteiger partial charge < -0.3 is 4.74 Å². The summed E-state index contributed by atoms with van der Waals surface area (Å²) in [6.45, 7) is -4.13. The second-order valence-corrected chi connectivity index (χ2v) is 3.64. The molecule has 0 saturated carbocycles. The molecule has 1 rings (SSSR count). The van der Waals surface area contributed by atoms with Gasteiger partial charge in [0.05, 0.1) is 0 Å². The van der Waals surface area contributed by atoms with Crippen molar-refractivity contribution in [2.75, 3.05) is 13.5 Å². The minimum atomic E-state index is -5.78. The standard InChI is InChI=1S/C10H4F10O2/c11-2-22-9(16,17)1-21-8-6(14)4(12)3(10(18,19)20)5(13)7(8)15/h1-2H2. The Hall–Kier alpha value is -1.72. The second-order valence-electron chi connectivity index (χ2n) is 3.64. The van der Waals surface area contributed by atoms with E-state index in [1.807, 2.05) is 0 Å². The first-order valence-corrected chi connectivity index (χ1v) is 5.06. The fraction of sp³-hybridized carbons (Fsp3) is 0.400. The minimum Gasteiger partial charge on any atom is -0.478 e. The highest BCUT2D eigenvalue weighted by Crippen LogP contribution is 2.39. The van der Waals surface area contributed by atoms with Crippen molar-refractivity contribution in [3.05, 3.63) is 28.8 Å². The molecule has 0 amide bonds. The van der Waals surface area contributed by atoms with Gasteiger partial charge in [0.1, 0.15) is 5.56 Å². The zero-order valence-electron chi connectivity index (χ0n) is 10.0. The average Bonchev–Trinajstić information content (AvgIpc) is 2.34. The van der Waals surface area contributed by atoms with Gasteiger partial charge in [0.25, 0.3) is 0 Å². The maximum atomic E-state index is 13.2. The second kappa shape index (κ2) is 6.18. The lowest BCUT2D eigenvalue weighted by molar-refractivity contribution is -0.268. The summed E-state index contributed by atoms with van der Waals surface area (Å²) in [7, 11) is 0. The van der Waals surface area contributed by atoms with Gasteiger partial charge in [-0.1, -0.05) is 0 Å². The lowest BCUT2D eigenvalue weighted by Gasteiger charge is -2.18. The largest absolute Gasteiger partial charge is 0.478 e. The molecule has 0 atom stereocenters. The van der Waals surface area contributed by atoms with Gasteiger partial charge >= 0.3 is 12.3 Å². The Bertz CT molecular complexity index is 525. The molecule has 0 aromatic heterocycles. The van der Waals surface area contributed by atoms with Crippen LogP contribution in [0.1, 0.15) is 5.56 Å². The molecule has 0 aliphatic rings. The molecule has 2 nitrogen and oxygen atoms in total. The van der Waals surface area contributed by atoms with Gasteiger partial charge in [-0.3, -0.25) is 4.74 Å². The first-order valence-electron chi connectivity index (χ1n) is 5.06. The Morgan fingerprint density at radius 2 is 1.23 bits per heavy atom. The number of alkyl halides is 6. The average molecular weight is 346 g/mol. The molecule has 0 radical (unpaired) electrons. The molecule has 126 valence electrons. The topological polar surface area (TPSA) is 18.5 Å². The number of ether oxygens (including phenoxy) is 2. The van der Waals surface area contributed by atoms with Crippen LogP contribution in [0.5, 0.6) is 5.75 Å². The van der Waals surface area contributed by atoms with Crippen molar-refractivity contribution in [2.24, 2.45) is 0 Å². The summed E-state index contributed by atoms with van der Waals surface area (Å²) < 4.78 is 133. The lowest BCUT2D eigenvalue weighted by Crippen LogP contribution is -2.29. The molecular formula is C10H4F10O2. The van der Waals surface area contributed by atoms with E-state index in [9.17, 15) is 43.9 Å². The molecule has 0 bridgehead atoms. The smallest absolute Gasteiger partial charge is 0.422 e. The van der Waals surface area contributed by atoms with Crippen molar-refractivity contribution >= 4 is 0 Å². The first kappa shape index (κ1) is 18.3. The van der Waals surface area contributed by atoms with Crippen LogP contribution in [0.3, 0.4) is 0 Å². The van der Waals surface area contributed by atoms with Gasteiger partial charge in [0.2, 0.25) is 11.6 Å². The molecular weight excluding hydrogens is 342 g/mol. The molecule has 0 heterocycles. The fourth-order valence-electron chi connectivity index (χ4n) is 1.26. The normalized spacial score (nSPS) is 12.6. The lowest BCUT2D eigenvalue weighted by atomic mass is 10.1. The summed E-state index contributed by atoms with van der Waals surface area (Å²) >= 11 is 0. The molecule has 22 heavy (non-hydrogen) atoms. The van der Waals surface area contributed by atoms with Gasteiger partial charge in [-0.2, -0.15) is 30.7 Å². The van der Waals surface area contributed by atoms with Crippen molar-refractivity contribution in [1.82, 2.24) is 0 Å². The van der Waals surface area contributed by atoms with Crippen LogP contribution in [-0.4, -0.2) is 19.6 Å². The third-order valence-electron chi connectivity index (χ3n) is 2.16. The van der Waals surface area contributed by atoms with E-state index >= 15 is 0 Å². The van der Waals surface area contributed by atoms with Crippen LogP contribution < -0.4 is 4.74 Å². The third kappa shape index (κ3) is 3.72. The van der Waals surface area contributed by atoms with Crippen LogP contribution in [0.2, 0.25) is 0 Å². The summed E-state index contributed by atoms with van der Waals surface area (Å²) in [5.41, 5.74) is -2.89. The Morgan fingerprint density at radius 1 is 0.773 bits per heavy atom. The molecule has 1 aromatic carbocycles. The van der Waals surface area contributed by atoms with Gasteiger partial charge in [-0.25, -0.2) is 13.2 Å². The van der Waals surface area contributed by atoms with Gasteiger partial charge in [0.15, 0.2) is 30.9 Å². The Morgan fingerprint density at radius 3 is 1.59 bits per heavy atom. The van der Waals surface area contributed by atoms with Gasteiger partial charge in [0, 0.05) is 0 Å². The molecule has 1 aromatic rings. The number of halogens is 10. The molecule has 0 aliphatic heterocycles. The molecule has 0 spiro atoms. The van der Waals surface area contributed by atoms with Crippen LogP contribution in [0.15, 0.2) is 0 Å². The molecule has 0 unspecified atom stereocenters. The third-order valence-corrected chi connectivity index (χ3v) is 2.16. The van der Waals surface area contributed by atoms with Crippen LogP contribution in [-0.2, 0) is 10.9 Å². The van der Waals surface area contributed by atoms with E-state index in [0.29, 0.717) is 0 Å². The van der Waals surface area contributed by atoms with E-state index in [-0.39, 0.29) is 0 Å². The number of hydrogen-bond acceptors (Lipinski definition) is 2. The highest BCUT2D eigenvalue weighted by molar-refractivity contribution is 5.36. The Balaban J connectivity index is 3.24. The van der Waals surface area contributed by atoms with Crippen molar-refractivity contribution in [3.8, 4) is 5.75 Å². The van der Waals surface area contributed by atoms with E-state index in [1.165, 1.54) is 0 Å². The highest BCUT2D eigenvalue weighted by Gasteiger charge is 2.43. The van der Waals surface area contributed by atoms with E-state index < -0.39 is 60.3 Å².